The van der Waals surface area contributed by atoms with Gasteiger partial charge in [0.15, 0.2) is 0 Å². The largest absolute Gasteiger partial charge is 0.398 e. The Bertz CT molecular complexity index is 622. The normalized spacial score (nSPS) is 15.5. The number of aryl methyl sites for hydroxylation is 1. The van der Waals surface area contributed by atoms with Gasteiger partial charge in [-0.2, -0.15) is 0 Å². The van der Waals surface area contributed by atoms with Gasteiger partial charge in [-0.1, -0.05) is 24.3 Å². The van der Waals surface area contributed by atoms with Crippen LogP contribution in [0.3, 0.4) is 0 Å². The van der Waals surface area contributed by atoms with Crippen molar-refractivity contribution in [1.29, 1.82) is 0 Å². The zero-order valence-corrected chi connectivity index (χ0v) is 12.9. The smallest absolute Gasteiger partial charge is 0.0593 e. The molecule has 0 atom stereocenters. The van der Waals surface area contributed by atoms with Gasteiger partial charge < -0.3 is 5.73 Å². The van der Waals surface area contributed by atoms with Crippen molar-refractivity contribution in [2.24, 2.45) is 0 Å². The van der Waals surface area contributed by atoms with Gasteiger partial charge in [-0.15, -0.1) is 0 Å². The van der Waals surface area contributed by atoms with Crippen molar-refractivity contribution in [3.05, 3.63) is 58.4 Å². The minimum Gasteiger partial charge on any atom is -0.398 e. The maximum absolute atomic E-state index is 6.13. The molecule has 2 aromatic rings. The molecule has 0 bridgehead atoms. The second-order valence-electron chi connectivity index (χ2n) is 5.97. The van der Waals surface area contributed by atoms with Crippen molar-refractivity contribution in [2.75, 3.05) is 18.8 Å². The Hall–Kier alpha value is -1.87. The van der Waals surface area contributed by atoms with Gasteiger partial charge in [0, 0.05) is 31.5 Å². The summed E-state index contributed by atoms with van der Waals surface area (Å²) in [5.41, 5.74) is 13.3. The van der Waals surface area contributed by atoms with Crippen LogP contribution in [0, 0.1) is 13.8 Å². The van der Waals surface area contributed by atoms with Crippen molar-refractivity contribution < 1.29 is 0 Å². The van der Waals surface area contributed by atoms with E-state index in [0.29, 0.717) is 0 Å². The van der Waals surface area contributed by atoms with Gasteiger partial charge in [0.2, 0.25) is 0 Å². The molecule has 0 aliphatic carbocycles. The summed E-state index contributed by atoms with van der Waals surface area (Å²) in [5.74, 6) is 0. The summed E-state index contributed by atoms with van der Waals surface area (Å²) in [6.45, 7) is 7.17. The molecule has 0 fully saturated rings. The average Bonchev–Trinajstić information content (AvgIpc) is 2.71. The van der Waals surface area contributed by atoms with Crippen molar-refractivity contribution in [3.8, 4) is 0 Å². The number of nitrogens with two attached hydrogens (primary N) is 1. The number of fused-ring (bicyclic) bond motifs is 1. The number of aromatic nitrogens is 1. The predicted molar refractivity (Wildman–Crippen MR) is 87.3 cm³/mol. The van der Waals surface area contributed by atoms with E-state index < -0.39 is 0 Å². The van der Waals surface area contributed by atoms with Crippen LogP contribution in [-0.4, -0.2) is 23.0 Å². The Kier molecular flexibility index (Phi) is 3.93. The van der Waals surface area contributed by atoms with Crippen LogP contribution < -0.4 is 5.73 Å². The van der Waals surface area contributed by atoms with Crippen LogP contribution >= 0.6 is 0 Å². The van der Waals surface area contributed by atoms with Crippen LogP contribution in [-0.2, 0) is 19.4 Å². The van der Waals surface area contributed by atoms with Crippen molar-refractivity contribution >= 4 is 5.69 Å². The molecule has 0 saturated carbocycles. The monoisotopic (exact) mass is 281 g/mol. The van der Waals surface area contributed by atoms with E-state index in [1.165, 1.54) is 11.1 Å². The van der Waals surface area contributed by atoms with Gasteiger partial charge in [0.05, 0.1) is 5.69 Å². The molecule has 1 aromatic carbocycles. The molecule has 2 heterocycles. The summed E-state index contributed by atoms with van der Waals surface area (Å²) in [4.78, 5) is 7.08. The van der Waals surface area contributed by atoms with Gasteiger partial charge in [0.1, 0.15) is 0 Å². The van der Waals surface area contributed by atoms with Crippen LogP contribution in [0.2, 0.25) is 0 Å². The highest BCUT2D eigenvalue weighted by molar-refractivity contribution is 5.53. The molecule has 3 heteroatoms. The molecule has 0 saturated heterocycles. The zero-order chi connectivity index (χ0) is 14.8. The van der Waals surface area contributed by atoms with Crippen LogP contribution in [0.15, 0.2) is 30.5 Å². The van der Waals surface area contributed by atoms with Gasteiger partial charge in [-0.05, 0) is 48.9 Å². The number of nitrogens with zero attached hydrogens (tertiary/aromatic N) is 2. The summed E-state index contributed by atoms with van der Waals surface area (Å²) in [6, 6.07) is 8.79. The molecule has 0 unspecified atom stereocenters. The highest BCUT2D eigenvalue weighted by Gasteiger charge is 2.16. The second kappa shape index (κ2) is 5.86. The zero-order valence-electron chi connectivity index (χ0n) is 12.9. The van der Waals surface area contributed by atoms with E-state index in [1.54, 1.807) is 0 Å². The summed E-state index contributed by atoms with van der Waals surface area (Å²) in [6.07, 6.45) is 4.14. The first-order valence-electron chi connectivity index (χ1n) is 7.65. The van der Waals surface area contributed by atoms with E-state index in [-0.39, 0.29) is 0 Å². The molecule has 3 nitrogen and oxygen atoms in total. The Labute approximate surface area is 126 Å². The van der Waals surface area contributed by atoms with E-state index in [2.05, 4.69) is 41.1 Å². The molecule has 1 aliphatic heterocycles. The average molecular weight is 281 g/mol. The second-order valence-corrected chi connectivity index (χ2v) is 5.97. The van der Waals surface area contributed by atoms with Gasteiger partial charge in [-0.3, -0.25) is 9.88 Å². The molecule has 21 heavy (non-hydrogen) atoms. The lowest BCUT2D eigenvalue weighted by atomic mass is 10.0. The molecule has 1 aromatic heterocycles. The molecule has 1 aliphatic rings. The van der Waals surface area contributed by atoms with Gasteiger partial charge in [-0.25, -0.2) is 0 Å². The molecular weight excluding hydrogens is 258 g/mol. The highest BCUT2D eigenvalue weighted by atomic mass is 15.1. The first kappa shape index (κ1) is 14.1. The Balaban J connectivity index is 1.74. The van der Waals surface area contributed by atoms with Crippen LogP contribution in [0.5, 0.6) is 0 Å². The Morgan fingerprint density at radius 1 is 1.10 bits per heavy atom. The van der Waals surface area contributed by atoms with E-state index in [0.717, 1.165) is 55.0 Å². The van der Waals surface area contributed by atoms with E-state index in [4.69, 9.17) is 5.73 Å². The fourth-order valence-corrected chi connectivity index (χ4v) is 3.04. The number of pyridine rings is 1. The number of hydrogen-bond acceptors (Lipinski definition) is 3. The quantitative estimate of drug-likeness (QED) is 0.920. The maximum Gasteiger partial charge on any atom is 0.0593 e. The number of hydrogen-bond donors (Lipinski definition) is 1. The van der Waals surface area contributed by atoms with Crippen molar-refractivity contribution in [2.45, 2.75) is 33.2 Å². The topological polar surface area (TPSA) is 42.2 Å². The number of nitrogen functional groups attached to an aromatic ring is 1. The lowest BCUT2D eigenvalue weighted by molar-refractivity contribution is 0.275. The highest BCUT2D eigenvalue weighted by Crippen LogP contribution is 2.21. The van der Waals surface area contributed by atoms with E-state index in [9.17, 15) is 0 Å². The molecule has 0 radical (unpaired) electrons. The molecule has 2 N–H and O–H groups in total. The SMILES string of the molecule is Cc1cnc(CN2CCc3ccccc3CC2)c(C)c1N. The molecule has 0 amide bonds. The van der Waals surface area contributed by atoms with Crippen molar-refractivity contribution in [3.63, 3.8) is 0 Å². The lowest BCUT2D eigenvalue weighted by Crippen LogP contribution is -2.27. The van der Waals surface area contributed by atoms with E-state index in [1.807, 2.05) is 13.1 Å². The van der Waals surface area contributed by atoms with Crippen LogP contribution in [0.4, 0.5) is 5.69 Å². The first-order chi connectivity index (χ1) is 10.1. The Morgan fingerprint density at radius 3 is 2.33 bits per heavy atom. The van der Waals surface area contributed by atoms with Crippen LogP contribution in [0.1, 0.15) is 27.9 Å². The number of benzene rings is 1. The first-order valence-corrected chi connectivity index (χ1v) is 7.65. The summed E-state index contributed by atoms with van der Waals surface area (Å²) in [7, 11) is 0. The molecular formula is C18H23N3. The third-order valence-corrected chi connectivity index (χ3v) is 4.56. The molecule has 0 spiro atoms. The van der Waals surface area contributed by atoms with E-state index >= 15 is 0 Å². The Morgan fingerprint density at radius 2 is 1.71 bits per heavy atom. The van der Waals surface area contributed by atoms with Crippen LogP contribution in [0.25, 0.3) is 0 Å². The lowest BCUT2D eigenvalue weighted by Gasteiger charge is -2.21. The maximum atomic E-state index is 6.13. The number of anilines is 1. The summed E-state index contributed by atoms with van der Waals surface area (Å²) >= 11 is 0. The standard InChI is InChI=1S/C18H23N3/c1-13-11-20-17(14(2)18(13)19)12-21-9-7-15-5-3-4-6-16(15)8-10-21/h3-6,11H,7-10,12H2,1-2H3,(H2,19,20). The fourth-order valence-electron chi connectivity index (χ4n) is 3.04. The van der Waals surface area contributed by atoms with Crippen molar-refractivity contribution in [1.82, 2.24) is 9.88 Å². The summed E-state index contributed by atoms with van der Waals surface area (Å²) < 4.78 is 0. The van der Waals surface area contributed by atoms with Gasteiger partial charge >= 0.3 is 0 Å². The predicted octanol–water partition coefficient (Wildman–Crippen LogP) is 2.88. The minimum absolute atomic E-state index is 0.887. The summed E-state index contributed by atoms with van der Waals surface area (Å²) in [5, 5.41) is 0. The number of rotatable bonds is 2. The molecule has 110 valence electrons. The third kappa shape index (κ3) is 2.93. The third-order valence-electron chi connectivity index (χ3n) is 4.56. The fraction of sp³-hybridized carbons (Fsp3) is 0.389. The van der Waals surface area contributed by atoms with Gasteiger partial charge in [0.25, 0.3) is 0 Å². The minimum atomic E-state index is 0.887. The molecule has 3 rings (SSSR count).